The molecule has 3 N–H and O–H groups in total. The van der Waals surface area contributed by atoms with Crippen molar-refractivity contribution in [1.82, 2.24) is 10.2 Å². The molecule has 0 aliphatic heterocycles. The Balaban J connectivity index is 2.93. The summed E-state index contributed by atoms with van der Waals surface area (Å²) in [5.74, 6) is -0.542. The molecule has 0 spiro atoms. The van der Waals surface area contributed by atoms with Crippen LogP contribution in [0.1, 0.15) is 24.2 Å². The van der Waals surface area contributed by atoms with E-state index in [0.717, 1.165) is 0 Å². The van der Waals surface area contributed by atoms with Gasteiger partial charge in [-0.15, -0.1) is 0 Å². The van der Waals surface area contributed by atoms with Gasteiger partial charge in [-0.3, -0.25) is 9.59 Å². The predicted octanol–water partition coefficient (Wildman–Crippen LogP) is 1.52. The van der Waals surface area contributed by atoms with Crippen LogP contribution in [0.5, 0.6) is 0 Å². The Bertz CT molecular complexity index is 457. The third kappa shape index (κ3) is 3.86. The molecule has 6 heteroatoms. The normalized spacial score (nSPS) is 10.1. The highest BCUT2D eigenvalue weighted by molar-refractivity contribution is 6.34. The maximum atomic E-state index is 12.3. The van der Waals surface area contributed by atoms with Gasteiger partial charge in [-0.1, -0.05) is 17.7 Å². The number of rotatable bonds is 5. The van der Waals surface area contributed by atoms with E-state index in [2.05, 4.69) is 5.32 Å². The van der Waals surface area contributed by atoms with Crippen molar-refractivity contribution in [2.75, 3.05) is 25.4 Å². The van der Waals surface area contributed by atoms with E-state index in [9.17, 15) is 9.59 Å². The van der Waals surface area contributed by atoms with Gasteiger partial charge in [-0.05, 0) is 26.0 Å². The van der Waals surface area contributed by atoms with Gasteiger partial charge in [-0.25, -0.2) is 0 Å². The van der Waals surface area contributed by atoms with Gasteiger partial charge in [0, 0.05) is 18.8 Å². The van der Waals surface area contributed by atoms with Crippen molar-refractivity contribution in [3.8, 4) is 0 Å². The van der Waals surface area contributed by atoms with Crippen LogP contribution in [0.25, 0.3) is 0 Å². The summed E-state index contributed by atoms with van der Waals surface area (Å²) in [5.41, 5.74) is 6.33. The summed E-state index contributed by atoms with van der Waals surface area (Å²) in [6.07, 6.45) is 0. The molecule has 2 amide bonds. The van der Waals surface area contributed by atoms with Crippen LogP contribution in [0, 0.1) is 0 Å². The third-order valence-electron chi connectivity index (χ3n) is 2.64. The Morgan fingerprint density at radius 1 is 1.37 bits per heavy atom. The minimum absolute atomic E-state index is 0.00611. The lowest BCUT2D eigenvalue weighted by Crippen LogP contribution is -2.40. The SMILES string of the molecule is CCNC(=O)CN(CC)C(=O)c1c(N)cccc1Cl. The molecule has 0 aliphatic carbocycles. The molecule has 0 saturated heterocycles. The number of nitrogens with zero attached hydrogens (tertiary/aromatic N) is 1. The van der Waals surface area contributed by atoms with Crippen LogP contribution in [0.2, 0.25) is 5.02 Å². The van der Waals surface area contributed by atoms with Crippen molar-refractivity contribution in [2.45, 2.75) is 13.8 Å². The summed E-state index contributed by atoms with van der Waals surface area (Å²) in [6.45, 7) is 4.54. The van der Waals surface area contributed by atoms with E-state index < -0.39 is 0 Å². The summed E-state index contributed by atoms with van der Waals surface area (Å²) in [4.78, 5) is 25.3. The zero-order valence-electron chi connectivity index (χ0n) is 11.1. The van der Waals surface area contributed by atoms with Crippen LogP contribution < -0.4 is 11.1 Å². The highest BCUT2D eigenvalue weighted by atomic mass is 35.5. The number of nitrogens with one attached hydrogen (secondary N) is 1. The van der Waals surface area contributed by atoms with Crippen LogP contribution in [-0.4, -0.2) is 36.3 Å². The molecular weight excluding hydrogens is 266 g/mol. The van der Waals surface area contributed by atoms with Crippen molar-refractivity contribution < 1.29 is 9.59 Å². The standard InChI is InChI=1S/C13H18ClN3O2/c1-3-16-11(18)8-17(4-2)13(19)12-9(14)6-5-7-10(12)15/h5-7H,3-4,8,15H2,1-2H3,(H,16,18). The van der Waals surface area contributed by atoms with Crippen molar-refractivity contribution in [1.29, 1.82) is 0 Å². The van der Waals surface area contributed by atoms with Crippen molar-refractivity contribution in [3.05, 3.63) is 28.8 Å². The lowest BCUT2D eigenvalue weighted by Gasteiger charge is -2.21. The largest absolute Gasteiger partial charge is 0.398 e. The first kappa shape index (κ1) is 15.3. The van der Waals surface area contributed by atoms with Gasteiger partial charge in [-0.2, -0.15) is 0 Å². The lowest BCUT2D eigenvalue weighted by molar-refractivity contribution is -0.121. The summed E-state index contributed by atoms with van der Waals surface area (Å²) in [5, 5.41) is 2.94. The second-order valence-corrected chi connectivity index (χ2v) is 4.38. The molecule has 0 aromatic heterocycles. The molecule has 0 unspecified atom stereocenters. The number of hydrogen-bond acceptors (Lipinski definition) is 3. The number of anilines is 1. The van der Waals surface area contributed by atoms with Crippen molar-refractivity contribution in [2.24, 2.45) is 0 Å². The first-order chi connectivity index (χ1) is 9.01. The van der Waals surface area contributed by atoms with E-state index in [0.29, 0.717) is 23.8 Å². The molecule has 0 atom stereocenters. The summed E-state index contributed by atoms with van der Waals surface area (Å²) >= 11 is 6.00. The quantitative estimate of drug-likeness (QED) is 0.805. The molecule has 5 nitrogen and oxygen atoms in total. The average Bonchev–Trinajstić information content (AvgIpc) is 2.35. The van der Waals surface area contributed by atoms with Crippen LogP contribution >= 0.6 is 11.6 Å². The van der Waals surface area contributed by atoms with Gasteiger partial charge in [0.2, 0.25) is 5.91 Å². The van der Waals surface area contributed by atoms with E-state index in [1.165, 1.54) is 4.90 Å². The van der Waals surface area contributed by atoms with Gasteiger partial charge in [0.05, 0.1) is 17.1 Å². The number of nitrogens with two attached hydrogens (primary N) is 1. The van der Waals surface area contributed by atoms with Crippen molar-refractivity contribution in [3.63, 3.8) is 0 Å². The number of amides is 2. The molecule has 0 radical (unpaired) electrons. The molecular formula is C13H18ClN3O2. The van der Waals surface area contributed by atoms with E-state index >= 15 is 0 Å². The second-order valence-electron chi connectivity index (χ2n) is 3.98. The van der Waals surface area contributed by atoms with Gasteiger partial charge in [0.25, 0.3) is 5.91 Å². The first-order valence-corrected chi connectivity index (χ1v) is 6.49. The van der Waals surface area contributed by atoms with Gasteiger partial charge in [0.15, 0.2) is 0 Å². The topological polar surface area (TPSA) is 75.4 Å². The monoisotopic (exact) mass is 283 g/mol. The molecule has 19 heavy (non-hydrogen) atoms. The maximum absolute atomic E-state index is 12.3. The Labute approximate surface area is 117 Å². The van der Waals surface area contributed by atoms with E-state index in [1.807, 2.05) is 6.92 Å². The third-order valence-corrected chi connectivity index (χ3v) is 2.95. The van der Waals surface area contributed by atoms with Crippen LogP contribution in [0.3, 0.4) is 0 Å². The molecule has 0 saturated carbocycles. The molecule has 0 fully saturated rings. The van der Waals surface area contributed by atoms with Gasteiger partial charge < -0.3 is 16.0 Å². The predicted molar refractivity (Wildman–Crippen MR) is 76.1 cm³/mol. The van der Waals surface area contributed by atoms with Crippen LogP contribution in [0.4, 0.5) is 5.69 Å². The first-order valence-electron chi connectivity index (χ1n) is 6.11. The number of carbonyl (C=O) groups is 2. The highest BCUT2D eigenvalue weighted by Crippen LogP contribution is 2.23. The molecule has 1 aromatic rings. The van der Waals surface area contributed by atoms with Gasteiger partial charge >= 0.3 is 0 Å². The summed E-state index contributed by atoms with van der Waals surface area (Å²) < 4.78 is 0. The molecule has 1 rings (SSSR count). The second kappa shape index (κ2) is 6.99. The molecule has 0 heterocycles. The fourth-order valence-corrected chi connectivity index (χ4v) is 1.94. The fraction of sp³-hybridized carbons (Fsp3) is 0.385. The zero-order valence-corrected chi connectivity index (χ0v) is 11.8. The van der Waals surface area contributed by atoms with Gasteiger partial charge in [0.1, 0.15) is 0 Å². The van der Waals surface area contributed by atoms with Crippen molar-refractivity contribution >= 4 is 29.1 Å². The molecule has 104 valence electrons. The minimum atomic E-state index is -0.336. The Morgan fingerprint density at radius 3 is 2.58 bits per heavy atom. The van der Waals surface area contributed by atoms with Crippen LogP contribution in [-0.2, 0) is 4.79 Å². The number of halogens is 1. The summed E-state index contributed by atoms with van der Waals surface area (Å²) in [7, 11) is 0. The lowest BCUT2D eigenvalue weighted by atomic mass is 10.1. The number of hydrogen-bond donors (Lipinski definition) is 2. The number of carbonyl (C=O) groups excluding carboxylic acids is 2. The molecule has 0 bridgehead atoms. The van der Waals surface area contributed by atoms with E-state index in [4.69, 9.17) is 17.3 Å². The summed E-state index contributed by atoms with van der Waals surface area (Å²) in [6, 6.07) is 4.89. The minimum Gasteiger partial charge on any atom is -0.398 e. The molecule has 1 aromatic carbocycles. The smallest absolute Gasteiger partial charge is 0.257 e. The Morgan fingerprint density at radius 2 is 2.05 bits per heavy atom. The van der Waals surface area contributed by atoms with Crippen LogP contribution in [0.15, 0.2) is 18.2 Å². The Hall–Kier alpha value is -1.75. The van der Waals surface area contributed by atoms with E-state index in [-0.39, 0.29) is 23.9 Å². The zero-order chi connectivity index (χ0) is 14.4. The number of benzene rings is 1. The number of nitrogen functional groups attached to an aromatic ring is 1. The molecule has 0 aliphatic rings. The fourth-order valence-electron chi connectivity index (χ4n) is 1.68. The highest BCUT2D eigenvalue weighted by Gasteiger charge is 2.21. The van der Waals surface area contributed by atoms with E-state index in [1.54, 1.807) is 25.1 Å². The Kier molecular flexibility index (Phi) is 5.63. The maximum Gasteiger partial charge on any atom is 0.257 e. The average molecular weight is 284 g/mol. The number of likely N-dealkylation sites (N-methyl/N-ethyl adjacent to an activating group) is 2.